The zero-order chi connectivity index (χ0) is 16.1. The first-order valence-corrected chi connectivity index (χ1v) is 9.27. The van der Waals surface area contributed by atoms with Gasteiger partial charge in [-0.05, 0) is 43.9 Å². The van der Waals surface area contributed by atoms with Gasteiger partial charge in [0.2, 0.25) is 5.91 Å². The van der Waals surface area contributed by atoms with Gasteiger partial charge in [0, 0.05) is 29.6 Å². The molecule has 0 aromatic heterocycles. The van der Waals surface area contributed by atoms with Gasteiger partial charge in [-0.3, -0.25) is 9.00 Å². The van der Waals surface area contributed by atoms with E-state index in [1.54, 1.807) is 26.2 Å². The summed E-state index contributed by atoms with van der Waals surface area (Å²) in [5, 5.41) is 0.00554. The fourth-order valence-corrected chi connectivity index (χ4v) is 3.99. The van der Waals surface area contributed by atoms with Crippen molar-refractivity contribution in [2.24, 2.45) is 0 Å². The van der Waals surface area contributed by atoms with Crippen LogP contribution in [0.25, 0.3) is 0 Å². The number of amides is 1. The van der Waals surface area contributed by atoms with E-state index in [0.29, 0.717) is 16.5 Å². The van der Waals surface area contributed by atoms with E-state index >= 15 is 0 Å². The highest BCUT2D eigenvalue weighted by Gasteiger charge is 2.26. The van der Waals surface area contributed by atoms with Crippen LogP contribution in [0.4, 0.5) is 0 Å². The van der Waals surface area contributed by atoms with Gasteiger partial charge in [-0.15, -0.1) is 0 Å². The molecule has 0 spiro atoms. The van der Waals surface area contributed by atoms with Crippen molar-refractivity contribution in [2.75, 3.05) is 20.2 Å². The molecule has 1 aliphatic heterocycles. The standard InChI is InChI=1S/C16H22ClNO3S/c1-12(16(19)18-8-4-3-5-9-18)22(20)11-13-6-7-15(21-2)14(17)10-13/h6-7,10,12H,3-5,8-9,11H2,1-2H3/t12-,22-/m1/s1. The number of hydrogen-bond acceptors (Lipinski definition) is 3. The summed E-state index contributed by atoms with van der Waals surface area (Å²) in [7, 11) is 0.299. The van der Waals surface area contributed by atoms with Gasteiger partial charge in [0.05, 0.1) is 12.1 Å². The number of carbonyl (C=O) groups is 1. The van der Waals surface area contributed by atoms with Gasteiger partial charge >= 0.3 is 0 Å². The summed E-state index contributed by atoms with van der Waals surface area (Å²) >= 11 is 6.08. The maximum absolute atomic E-state index is 12.5. The normalized spacial score (nSPS) is 17.9. The van der Waals surface area contributed by atoms with Gasteiger partial charge in [-0.1, -0.05) is 17.7 Å². The Balaban J connectivity index is 1.98. The van der Waals surface area contributed by atoms with Crippen molar-refractivity contribution in [1.29, 1.82) is 0 Å². The number of nitrogens with zero attached hydrogens (tertiary/aromatic N) is 1. The van der Waals surface area contributed by atoms with E-state index in [4.69, 9.17) is 16.3 Å². The first-order chi connectivity index (χ1) is 10.5. The quantitative estimate of drug-likeness (QED) is 0.825. The monoisotopic (exact) mass is 343 g/mol. The number of benzene rings is 1. The van der Waals surface area contributed by atoms with E-state index in [9.17, 15) is 9.00 Å². The lowest BCUT2D eigenvalue weighted by molar-refractivity contribution is -0.131. The van der Waals surface area contributed by atoms with Crippen LogP contribution in [0.2, 0.25) is 5.02 Å². The molecule has 0 unspecified atom stereocenters. The largest absolute Gasteiger partial charge is 0.495 e. The molecule has 1 aromatic rings. The average molecular weight is 344 g/mol. The number of piperidine rings is 1. The van der Waals surface area contributed by atoms with Gasteiger partial charge in [-0.2, -0.15) is 0 Å². The van der Waals surface area contributed by atoms with Gasteiger partial charge in [0.1, 0.15) is 11.0 Å². The number of halogens is 1. The molecule has 4 nitrogen and oxygen atoms in total. The van der Waals surface area contributed by atoms with Crippen LogP contribution >= 0.6 is 11.6 Å². The summed E-state index contributed by atoms with van der Waals surface area (Å²) in [5.74, 6) is 0.913. The predicted molar refractivity (Wildman–Crippen MR) is 89.7 cm³/mol. The molecule has 6 heteroatoms. The summed E-state index contributed by atoms with van der Waals surface area (Å²) < 4.78 is 17.6. The Morgan fingerprint density at radius 3 is 2.64 bits per heavy atom. The van der Waals surface area contributed by atoms with E-state index in [1.807, 2.05) is 11.0 Å². The zero-order valence-electron chi connectivity index (χ0n) is 13.0. The number of likely N-dealkylation sites (tertiary alicyclic amines) is 1. The number of carbonyl (C=O) groups excluding carboxylic acids is 1. The second-order valence-corrected chi connectivity index (χ2v) is 7.69. The highest BCUT2D eigenvalue weighted by molar-refractivity contribution is 7.85. The van der Waals surface area contributed by atoms with Crippen molar-refractivity contribution in [2.45, 2.75) is 37.2 Å². The number of hydrogen-bond donors (Lipinski definition) is 0. The molecule has 1 amide bonds. The molecule has 0 N–H and O–H groups in total. The van der Waals surface area contributed by atoms with Crippen LogP contribution < -0.4 is 4.74 Å². The van der Waals surface area contributed by atoms with E-state index < -0.39 is 16.0 Å². The Bertz CT molecular complexity index is 558. The molecule has 1 aromatic carbocycles. The van der Waals surface area contributed by atoms with E-state index in [0.717, 1.165) is 31.5 Å². The van der Waals surface area contributed by atoms with Crippen molar-refractivity contribution in [3.05, 3.63) is 28.8 Å². The molecule has 1 aliphatic rings. The van der Waals surface area contributed by atoms with Gasteiger partial charge in [0.25, 0.3) is 0 Å². The van der Waals surface area contributed by atoms with Crippen molar-refractivity contribution < 1.29 is 13.7 Å². The molecule has 122 valence electrons. The van der Waals surface area contributed by atoms with Crippen LogP contribution in [0, 0.1) is 0 Å². The van der Waals surface area contributed by atoms with Crippen LogP contribution in [0.3, 0.4) is 0 Å². The Labute approximate surface area is 139 Å². The maximum atomic E-state index is 12.5. The predicted octanol–water partition coefficient (Wildman–Crippen LogP) is 3.00. The third kappa shape index (κ3) is 4.23. The molecule has 0 saturated carbocycles. The zero-order valence-corrected chi connectivity index (χ0v) is 14.6. The third-order valence-electron chi connectivity index (χ3n) is 3.93. The minimum atomic E-state index is -1.26. The van der Waals surface area contributed by atoms with Crippen LogP contribution in [0.1, 0.15) is 31.7 Å². The van der Waals surface area contributed by atoms with Gasteiger partial charge in [-0.25, -0.2) is 0 Å². The lowest BCUT2D eigenvalue weighted by Crippen LogP contribution is -2.42. The molecule has 0 aliphatic carbocycles. The Morgan fingerprint density at radius 2 is 2.05 bits per heavy atom. The second kappa shape index (κ2) is 7.97. The lowest BCUT2D eigenvalue weighted by Gasteiger charge is -2.29. The van der Waals surface area contributed by atoms with Crippen LogP contribution in [-0.4, -0.2) is 40.5 Å². The molecule has 0 bridgehead atoms. The minimum Gasteiger partial charge on any atom is -0.495 e. The highest BCUT2D eigenvalue weighted by atomic mass is 35.5. The van der Waals surface area contributed by atoms with Crippen LogP contribution in [0.5, 0.6) is 5.75 Å². The molecule has 2 atom stereocenters. The Kier molecular flexibility index (Phi) is 6.26. The summed E-state index contributed by atoms with van der Waals surface area (Å²) in [6.07, 6.45) is 3.25. The fraction of sp³-hybridized carbons (Fsp3) is 0.562. The molecule has 0 radical (unpaired) electrons. The summed E-state index contributed by atoms with van der Waals surface area (Å²) in [6.45, 7) is 3.32. The average Bonchev–Trinajstić information content (AvgIpc) is 2.54. The first-order valence-electron chi connectivity index (χ1n) is 7.51. The molecule has 2 rings (SSSR count). The molecule has 22 heavy (non-hydrogen) atoms. The topological polar surface area (TPSA) is 46.6 Å². The number of methoxy groups -OCH3 is 1. The molecular weight excluding hydrogens is 322 g/mol. The summed E-state index contributed by atoms with van der Waals surface area (Å²) in [4.78, 5) is 14.2. The SMILES string of the molecule is COc1ccc(C[S@@](=O)[C@H](C)C(=O)N2CCCCC2)cc1Cl. The molecular formula is C16H22ClNO3S. The Morgan fingerprint density at radius 1 is 1.36 bits per heavy atom. The highest BCUT2D eigenvalue weighted by Crippen LogP contribution is 2.26. The third-order valence-corrected chi connectivity index (χ3v) is 5.84. The second-order valence-electron chi connectivity index (χ2n) is 5.52. The van der Waals surface area contributed by atoms with Gasteiger partial charge < -0.3 is 9.64 Å². The molecule has 1 fully saturated rings. The lowest BCUT2D eigenvalue weighted by atomic mass is 10.1. The minimum absolute atomic E-state index is 0.00218. The smallest absolute Gasteiger partial charge is 0.238 e. The summed E-state index contributed by atoms with van der Waals surface area (Å²) in [6, 6.07) is 5.34. The van der Waals surface area contributed by atoms with Crippen molar-refractivity contribution in [3.8, 4) is 5.75 Å². The maximum Gasteiger partial charge on any atom is 0.238 e. The summed E-state index contributed by atoms with van der Waals surface area (Å²) in [5.41, 5.74) is 0.849. The van der Waals surface area contributed by atoms with E-state index in [1.165, 1.54) is 6.42 Å². The van der Waals surface area contributed by atoms with E-state index in [-0.39, 0.29) is 5.91 Å². The number of rotatable bonds is 5. The van der Waals surface area contributed by atoms with Gasteiger partial charge in [0.15, 0.2) is 0 Å². The van der Waals surface area contributed by atoms with Crippen LogP contribution in [0.15, 0.2) is 18.2 Å². The van der Waals surface area contributed by atoms with E-state index in [2.05, 4.69) is 0 Å². The Hall–Kier alpha value is -1.07. The first kappa shape index (κ1) is 17.3. The molecule has 1 saturated heterocycles. The van der Waals surface area contributed by atoms with Crippen molar-refractivity contribution in [3.63, 3.8) is 0 Å². The van der Waals surface area contributed by atoms with Crippen LogP contribution in [-0.2, 0) is 21.3 Å². The van der Waals surface area contributed by atoms with Crippen molar-refractivity contribution >= 4 is 28.3 Å². The number of ether oxygens (including phenoxy) is 1. The van der Waals surface area contributed by atoms with Crippen molar-refractivity contribution in [1.82, 2.24) is 4.90 Å². The molecule has 1 heterocycles. The fourth-order valence-electron chi connectivity index (χ4n) is 2.57.